The van der Waals surface area contributed by atoms with Crippen LogP contribution in [0.2, 0.25) is 0 Å². The van der Waals surface area contributed by atoms with E-state index < -0.39 is 10.7 Å². The van der Waals surface area contributed by atoms with Crippen LogP contribution in [-0.4, -0.2) is 9.67 Å². The topological polar surface area (TPSA) is 55.2 Å². The van der Waals surface area contributed by atoms with Crippen molar-refractivity contribution in [3.05, 3.63) is 34.1 Å². The van der Waals surface area contributed by atoms with Crippen molar-refractivity contribution in [1.82, 2.24) is 0 Å². The van der Waals surface area contributed by atoms with Gasteiger partial charge in [0, 0.05) is 16.9 Å². The van der Waals surface area contributed by atoms with E-state index in [2.05, 4.69) is 4.72 Å². The second kappa shape index (κ2) is 4.69. The highest BCUT2D eigenvalue weighted by Gasteiger charge is 2.15. The van der Waals surface area contributed by atoms with Crippen molar-refractivity contribution in [2.45, 2.75) is 25.5 Å². The highest BCUT2D eigenvalue weighted by Crippen LogP contribution is 2.28. The predicted octanol–water partition coefficient (Wildman–Crippen LogP) is 3.59. The van der Waals surface area contributed by atoms with Crippen molar-refractivity contribution in [2.24, 2.45) is 0 Å². The van der Waals surface area contributed by atoms with Crippen LogP contribution in [0.25, 0.3) is 0 Å². The molecule has 0 aliphatic rings. The molecule has 0 aliphatic heterocycles. The third kappa shape index (κ3) is 3.69. The third-order valence-electron chi connectivity index (χ3n) is 1.63. The normalized spacial score (nSPS) is 11.2. The summed E-state index contributed by atoms with van der Waals surface area (Å²) in [5, 5.41) is 10.5. The van der Waals surface area contributed by atoms with Gasteiger partial charge in [0.2, 0.25) is 0 Å². The van der Waals surface area contributed by atoms with Crippen LogP contribution >= 0.6 is 11.9 Å². The number of anilines is 1. The van der Waals surface area contributed by atoms with Crippen molar-refractivity contribution in [1.29, 1.82) is 0 Å². The third-order valence-corrected chi connectivity index (χ3v) is 2.56. The summed E-state index contributed by atoms with van der Waals surface area (Å²) in [5.41, 5.74) is 0.00698. The molecule has 4 nitrogen and oxygen atoms in total. The monoisotopic (exact) mass is 244 g/mol. The highest BCUT2D eigenvalue weighted by molar-refractivity contribution is 8.01. The van der Waals surface area contributed by atoms with Gasteiger partial charge in [0.15, 0.2) is 0 Å². The Morgan fingerprint density at radius 2 is 2.06 bits per heavy atom. The molecule has 1 aromatic carbocycles. The Labute approximate surface area is 97.5 Å². The van der Waals surface area contributed by atoms with Crippen LogP contribution in [0.5, 0.6) is 0 Å². The van der Waals surface area contributed by atoms with Crippen LogP contribution in [-0.2, 0) is 0 Å². The first-order valence-electron chi connectivity index (χ1n) is 4.67. The second-order valence-electron chi connectivity index (χ2n) is 4.24. The summed E-state index contributed by atoms with van der Waals surface area (Å²) >= 11 is 1.31. The lowest BCUT2D eigenvalue weighted by Crippen LogP contribution is -2.11. The van der Waals surface area contributed by atoms with Gasteiger partial charge in [-0.05, 0) is 38.8 Å². The van der Waals surface area contributed by atoms with Gasteiger partial charge < -0.3 is 4.72 Å². The summed E-state index contributed by atoms with van der Waals surface area (Å²) in [6, 6.07) is 3.42. The van der Waals surface area contributed by atoms with E-state index in [4.69, 9.17) is 0 Å². The van der Waals surface area contributed by atoms with E-state index in [1.165, 1.54) is 18.0 Å². The summed E-state index contributed by atoms with van der Waals surface area (Å²) in [7, 11) is 0. The summed E-state index contributed by atoms with van der Waals surface area (Å²) in [6.45, 7) is 5.87. The fourth-order valence-corrected chi connectivity index (χ4v) is 1.49. The number of hydrogen-bond acceptors (Lipinski definition) is 4. The lowest BCUT2D eigenvalue weighted by molar-refractivity contribution is -0.384. The largest absolute Gasteiger partial charge is 0.327 e. The molecule has 1 N–H and O–H groups in total. The molecule has 0 saturated carbocycles. The molecule has 0 unspecified atom stereocenters. The zero-order chi connectivity index (χ0) is 12.3. The van der Waals surface area contributed by atoms with Gasteiger partial charge in [-0.2, -0.15) is 0 Å². The molecular weight excluding hydrogens is 231 g/mol. The maximum absolute atomic E-state index is 13.3. The van der Waals surface area contributed by atoms with Crippen molar-refractivity contribution >= 4 is 23.3 Å². The molecule has 0 spiro atoms. The lowest BCUT2D eigenvalue weighted by atomic mass is 10.3. The number of hydrogen-bond donors (Lipinski definition) is 1. The summed E-state index contributed by atoms with van der Waals surface area (Å²) in [6.07, 6.45) is 0. The van der Waals surface area contributed by atoms with E-state index in [1.54, 1.807) is 0 Å². The van der Waals surface area contributed by atoms with E-state index in [9.17, 15) is 14.5 Å². The van der Waals surface area contributed by atoms with Crippen molar-refractivity contribution in [3.8, 4) is 0 Å². The Bertz CT molecular complexity index is 404. The molecule has 6 heteroatoms. The number of nitrogens with one attached hydrogen (secondary N) is 1. The lowest BCUT2D eigenvalue weighted by Gasteiger charge is -2.18. The van der Waals surface area contributed by atoms with E-state index >= 15 is 0 Å². The van der Waals surface area contributed by atoms with Gasteiger partial charge in [0.25, 0.3) is 5.69 Å². The second-order valence-corrected chi connectivity index (χ2v) is 5.87. The first-order valence-corrected chi connectivity index (χ1v) is 5.49. The zero-order valence-corrected chi connectivity index (χ0v) is 10.1. The van der Waals surface area contributed by atoms with Crippen LogP contribution in [0, 0.1) is 15.9 Å². The first kappa shape index (κ1) is 12.8. The number of nitro benzene ring substituents is 1. The number of halogens is 1. The van der Waals surface area contributed by atoms with Crippen LogP contribution in [0.3, 0.4) is 0 Å². The molecule has 16 heavy (non-hydrogen) atoms. The van der Waals surface area contributed by atoms with E-state index in [0.29, 0.717) is 0 Å². The quantitative estimate of drug-likeness (QED) is 0.501. The molecule has 88 valence electrons. The molecule has 1 aromatic rings. The molecule has 0 bridgehead atoms. The number of nitrogens with zero attached hydrogens (tertiary/aromatic N) is 1. The van der Waals surface area contributed by atoms with Crippen LogP contribution < -0.4 is 4.72 Å². The molecule has 0 fully saturated rings. The molecule has 0 amide bonds. The molecule has 1 rings (SSSR count). The highest BCUT2D eigenvalue weighted by atomic mass is 32.2. The van der Waals surface area contributed by atoms with E-state index in [-0.39, 0.29) is 16.1 Å². The minimum Gasteiger partial charge on any atom is -0.327 e. The minimum absolute atomic E-state index is 0.100. The Balaban J connectivity index is 2.86. The van der Waals surface area contributed by atoms with Gasteiger partial charge >= 0.3 is 0 Å². The Hall–Kier alpha value is -1.30. The molecule has 0 heterocycles. The molecule has 0 atom stereocenters. The minimum atomic E-state index is -0.549. The zero-order valence-electron chi connectivity index (χ0n) is 9.28. The molecule has 0 aromatic heterocycles. The number of benzene rings is 1. The number of rotatable bonds is 3. The summed E-state index contributed by atoms with van der Waals surface area (Å²) in [5.74, 6) is -0.498. The fourth-order valence-electron chi connectivity index (χ4n) is 0.913. The average Bonchev–Trinajstić information content (AvgIpc) is 2.14. The van der Waals surface area contributed by atoms with Crippen molar-refractivity contribution in [3.63, 3.8) is 0 Å². The fraction of sp³-hybridized carbons (Fsp3) is 0.400. The predicted molar refractivity (Wildman–Crippen MR) is 64.0 cm³/mol. The molecule has 0 aliphatic carbocycles. The van der Waals surface area contributed by atoms with Crippen molar-refractivity contribution in [2.75, 3.05) is 4.72 Å². The standard InChI is InChI=1S/C10H13FN2O2S/c1-10(2,3)16-12-9-6-7(13(14)15)4-5-8(9)11/h4-6,12H,1-3H3. The maximum Gasteiger partial charge on any atom is 0.271 e. The van der Waals surface area contributed by atoms with Crippen molar-refractivity contribution < 1.29 is 9.31 Å². The average molecular weight is 244 g/mol. The van der Waals surface area contributed by atoms with Crippen LogP contribution in [0.15, 0.2) is 18.2 Å². The summed E-state index contributed by atoms with van der Waals surface area (Å²) in [4.78, 5) is 9.96. The van der Waals surface area contributed by atoms with Crippen LogP contribution in [0.1, 0.15) is 20.8 Å². The molecule has 0 radical (unpaired) electrons. The van der Waals surface area contributed by atoms with E-state index in [0.717, 1.165) is 12.1 Å². The van der Waals surface area contributed by atoms with Gasteiger partial charge in [-0.25, -0.2) is 4.39 Å². The Morgan fingerprint density at radius 1 is 1.44 bits per heavy atom. The van der Waals surface area contributed by atoms with Gasteiger partial charge in [-0.3, -0.25) is 10.1 Å². The maximum atomic E-state index is 13.3. The van der Waals surface area contributed by atoms with E-state index in [1.807, 2.05) is 20.8 Å². The number of non-ortho nitro benzene ring substituents is 1. The van der Waals surface area contributed by atoms with Gasteiger partial charge in [0.05, 0.1) is 10.6 Å². The Kier molecular flexibility index (Phi) is 3.74. The summed E-state index contributed by atoms with van der Waals surface area (Å²) < 4.78 is 16.0. The number of nitro groups is 1. The van der Waals surface area contributed by atoms with Gasteiger partial charge in [-0.15, -0.1) is 0 Å². The van der Waals surface area contributed by atoms with Gasteiger partial charge in [0.1, 0.15) is 5.82 Å². The van der Waals surface area contributed by atoms with Gasteiger partial charge in [-0.1, -0.05) is 0 Å². The smallest absolute Gasteiger partial charge is 0.271 e. The molecule has 0 saturated heterocycles. The molecular formula is C10H13FN2O2S. The first-order chi connectivity index (χ1) is 7.29. The van der Waals surface area contributed by atoms with Crippen LogP contribution in [0.4, 0.5) is 15.8 Å². The Morgan fingerprint density at radius 3 is 2.56 bits per heavy atom. The SMILES string of the molecule is CC(C)(C)SNc1cc([N+](=O)[O-])ccc1F.